The number of carbonyl (C=O) groups excluding carboxylic acids is 1. The van der Waals surface area contributed by atoms with Crippen molar-refractivity contribution in [3.05, 3.63) is 53.6 Å². The number of benzene rings is 1. The molecule has 0 unspecified atom stereocenters. The first-order valence-electron chi connectivity index (χ1n) is 5.65. The van der Waals surface area contributed by atoms with Gasteiger partial charge < -0.3 is 10.1 Å². The largest absolute Gasteiger partial charge is 0.495 e. The van der Waals surface area contributed by atoms with Crippen LogP contribution in [-0.2, 0) is 0 Å². The van der Waals surface area contributed by atoms with E-state index >= 15 is 0 Å². The summed E-state index contributed by atoms with van der Waals surface area (Å²) in [5.41, 5.74) is 0.610. The van der Waals surface area contributed by atoms with Crippen LogP contribution in [0, 0.1) is 17.3 Å². The number of pyridine rings is 1. The zero-order valence-electron chi connectivity index (χ0n) is 10.6. The van der Waals surface area contributed by atoms with E-state index < -0.39 is 11.9 Å². The van der Waals surface area contributed by atoms with E-state index in [1.54, 1.807) is 18.2 Å². The van der Waals surface area contributed by atoms with Gasteiger partial charge in [-0.3, -0.25) is 4.79 Å². The number of anilines is 1. The van der Waals surface area contributed by atoms with E-state index in [9.17, 15) is 9.18 Å². The number of rotatable bonds is 3. The first-order chi connectivity index (χ1) is 9.65. The highest BCUT2D eigenvalue weighted by Gasteiger charge is 2.14. The zero-order valence-corrected chi connectivity index (χ0v) is 10.6. The van der Waals surface area contributed by atoms with Gasteiger partial charge in [0.25, 0.3) is 5.91 Å². The highest BCUT2D eigenvalue weighted by Crippen LogP contribution is 2.28. The number of aromatic nitrogens is 1. The highest BCUT2D eigenvalue weighted by atomic mass is 19.1. The number of nitriles is 1. The van der Waals surface area contributed by atoms with E-state index in [1.165, 1.54) is 19.4 Å². The number of halogens is 1. The third kappa shape index (κ3) is 2.72. The van der Waals surface area contributed by atoms with Crippen molar-refractivity contribution >= 4 is 11.6 Å². The molecule has 0 bridgehead atoms. The minimum Gasteiger partial charge on any atom is -0.495 e. The van der Waals surface area contributed by atoms with Crippen LogP contribution in [0.25, 0.3) is 0 Å². The van der Waals surface area contributed by atoms with E-state index in [2.05, 4.69) is 10.3 Å². The number of nitrogens with zero attached hydrogens (tertiary/aromatic N) is 2. The van der Waals surface area contributed by atoms with Crippen molar-refractivity contribution in [1.82, 2.24) is 4.98 Å². The second-order valence-corrected chi connectivity index (χ2v) is 3.82. The van der Waals surface area contributed by atoms with Gasteiger partial charge in [-0.25, -0.2) is 4.98 Å². The lowest BCUT2D eigenvalue weighted by Crippen LogP contribution is -2.14. The number of hydrogen-bond donors (Lipinski definition) is 1. The number of hydrogen-bond acceptors (Lipinski definition) is 4. The Bertz CT molecular complexity index is 695. The van der Waals surface area contributed by atoms with E-state index in [1.807, 2.05) is 6.07 Å². The van der Waals surface area contributed by atoms with Crippen LogP contribution in [0.1, 0.15) is 15.9 Å². The van der Waals surface area contributed by atoms with Gasteiger partial charge in [0.1, 0.15) is 17.5 Å². The fourth-order valence-corrected chi connectivity index (χ4v) is 1.65. The maximum Gasteiger partial charge on any atom is 0.256 e. The van der Waals surface area contributed by atoms with Crippen LogP contribution < -0.4 is 10.1 Å². The number of nitrogens with one attached hydrogen (secondary N) is 1. The summed E-state index contributed by atoms with van der Waals surface area (Å²) in [6.45, 7) is 0. The van der Waals surface area contributed by atoms with Gasteiger partial charge in [0, 0.05) is 17.8 Å². The maximum atomic E-state index is 13.0. The lowest BCUT2D eigenvalue weighted by molar-refractivity contribution is 0.102. The SMILES string of the molecule is COc1cccc(C#N)c1NC(=O)c1ccnc(F)c1. The number of carbonyl (C=O) groups is 1. The molecule has 0 aliphatic rings. The third-order valence-corrected chi connectivity index (χ3v) is 2.59. The van der Waals surface area contributed by atoms with Crippen molar-refractivity contribution < 1.29 is 13.9 Å². The molecule has 0 saturated heterocycles. The van der Waals surface area contributed by atoms with Crippen LogP contribution in [0.5, 0.6) is 5.75 Å². The van der Waals surface area contributed by atoms with Gasteiger partial charge in [-0.2, -0.15) is 9.65 Å². The summed E-state index contributed by atoms with van der Waals surface area (Å²) >= 11 is 0. The smallest absolute Gasteiger partial charge is 0.256 e. The van der Waals surface area contributed by atoms with Crippen LogP contribution in [0.2, 0.25) is 0 Å². The fraction of sp³-hybridized carbons (Fsp3) is 0.0714. The average molecular weight is 271 g/mol. The van der Waals surface area contributed by atoms with Crippen molar-refractivity contribution in [2.24, 2.45) is 0 Å². The molecule has 0 spiro atoms. The molecule has 1 amide bonds. The molecule has 0 aliphatic carbocycles. The number of methoxy groups -OCH3 is 1. The van der Waals surface area contributed by atoms with Crippen molar-refractivity contribution in [2.45, 2.75) is 0 Å². The number of para-hydroxylation sites is 1. The lowest BCUT2D eigenvalue weighted by atomic mass is 10.1. The van der Waals surface area contributed by atoms with Crippen LogP contribution in [0.3, 0.4) is 0 Å². The monoisotopic (exact) mass is 271 g/mol. The molecule has 5 nitrogen and oxygen atoms in total. The van der Waals surface area contributed by atoms with Crippen molar-refractivity contribution in [3.8, 4) is 11.8 Å². The van der Waals surface area contributed by atoms with E-state index in [4.69, 9.17) is 10.00 Å². The van der Waals surface area contributed by atoms with E-state index in [-0.39, 0.29) is 16.8 Å². The van der Waals surface area contributed by atoms with E-state index in [0.717, 1.165) is 6.07 Å². The summed E-state index contributed by atoms with van der Waals surface area (Å²) in [5, 5.41) is 11.6. The third-order valence-electron chi connectivity index (χ3n) is 2.59. The summed E-state index contributed by atoms with van der Waals surface area (Å²) in [6, 6.07) is 9.14. The van der Waals surface area contributed by atoms with Gasteiger partial charge in [-0.15, -0.1) is 0 Å². The molecule has 1 aromatic carbocycles. The minimum absolute atomic E-state index is 0.104. The van der Waals surface area contributed by atoms with Crippen molar-refractivity contribution in [1.29, 1.82) is 5.26 Å². The lowest BCUT2D eigenvalue weighted by Gasteiger charge is -2.11. The molecular weight excluding hydrogens is 261 g/mol. The van der Waals surface area contributed by atoms with Gasteiger partial charge >= 0.3 is 0 Å². The van der Waals surface area contributed by atoms with Crippen LogP contribution in [-0.4, -0.2) is 18.0 Å². The Morgan fingerprint density at radius 3 is 2.90 bits per heavy atom. The van der Waals surface area contributed by atoms with Crippen LogP contribution >= 0.6 is 0 Å². The van der Waals surface area contributed by atoms with Gasteiger partial charge in [0.05, 0.1) is 12.7 Å². The van der Waals surface area contributed by atoms with Crippen LogP contribution in [0.15, 0.2) is 36.5 Å². The van der Waals surface area contributed by atoms with E-state index in [0.29, 0.717) is 5.75 Å². The van der Waals surface area contributed by atoms with Gasteiger partial charge in [0.2, 0.25) is 5.95 Å². The molecule has 100 valence electrons. The van der Waals surface area contributed by atoms with Gasteiger partial charge in [-0.1, -0.05) is 6.07 Å². The molecule has 0 fully saturated rings. The Balaban J connectivity index is 2.35. The van der Waals surface area contributed by atoms with Gasteiger partial charge in [0.15, 0.2) is 0 Å². The molecule has 1 N–H and O–H groups in total. The second kappa shape index (κ2) is 5.80. The normalized spacial score (nSPS) is 9.65. The first-order valence-corrected chi connectivity index (χ1v) is 5.65. The Labute approximate surface area is 114 Å². The molecule has 2 rings (SSSR count). The maximum absolute atomic E-state index is 13.0. The molecule has 0 aliphatic heterocycles. The zero-order chi connectivity index (χ0) is 14.5. The molecule has 2 aromatic rings. The van der Waals surface area contributed by atoms with Crippen molar-refractivity contribution in [2.75, 3.05) is 12.4 Å². The fourth-order valence-electron chi connectivity index (χ4n) is 1.65. The summed E-state index contributed by atoms with van der Waals surface area (Å²) in [6.07, 6.45) is 1.19. The molecule has 6 heteroatoms. The molecule has 1 heterocycles. The topological polar surface area (TPSA) is 75.0 Å². The molecule has 20 heavy (non-hydrogen) atoms. The molecular formula is C14H10FN3O2. The standard InChI is InChI=1S/C14H10FN3O2/c1-20-11-4-2-3-10(8-16)13(11)18-14(19)9-5-6-17-12(15)7-9/h2-7H,1H3,(H,18,19). The quantitative estimate of drug-likeness (QED) is 0.869. The highest BCUT2D eigenvalue weighted by molar-refractivity contribution is 6.05. The Kier molecular flexibility index (Phi) is 3.91. The molecule has 0 atom stereocenters. The predicted molar refractivity (Wildman–Crippen MR) is 69.9 cm³/mol. The number of ether oxygens (including phenoxy) is 1. The average Bonchev–Trinajstić information content (AvgIpc) is 2.47. The van der Waals surface area contributed by atoms with Crippen molar-refractivity contribution in [3.63, 3.8) is 0 Å². The molecule has 0 saturated carbocycles. The minimum atomic E-state index is -0.752. The summed E-state index contributed by atoms with van der Waals surface area (Å²) < 4.78 is 18.1. The molecule has 1 aromatic heterocycles. The first kappa shape index (κ1) is 13.5. The summed E-state index contributed by atoms with van der Waals surface area (Å²) in [5.74, 6) is -0.947. The Morgan fingerprint density at radius 2 is 2.25 bits per heavy atom. The molecule has 0 radical (unpaired) electrons. The van der Waals surface area contributed by atoms with Crippen LogP contribution in [0.4, 0.5) is 10.1 Å². The van der Waals surface area contributed by atoms with Gasteiger partial charge in [-0.05, 0) is 18.2 Å². The summed E-state index contributed by atoms with van der Waals surface area (Å²) in [7, 11) is 1.43. The Morgan fingerprint density at radius 1 is 1.45 bits per heavy atom. The second-order valence-electron chi connectivity index (χ2n) is 3.82. The summed E-state index contributed by atoms with van der Waals surface area (Å²) in [4.78, 5) is 15.4. The Hall–Kier alpha value is -2.94. The number of amides is 1. The predicted octanol–water partition coefficient (Wildman–Crippen LogP) is 2.35.